The van der Waals surface area contributed by atoms with Gasteiger partial charge in [-0.25, -0.2) is 9.97 Å². The number of nitrogens with one attached hydrogen (secondary N) is 2. The van der Waals surface area contributed by atoms with Crippen LogP contribution in [-0.2, 0) is 0 Å². The van der Waals surface area contributed by atoms with E-state index in [0.717, 1.165) is 48.9 Å². The minimum absolute atomic E-state index is 0.331. The standard InChI is InChI=1S/C18H22N6S/c1-2-19-16-9-10-20-17(23-16)21-13-6-5-11-24(12-13)18-22-14-7-3-4-8-15(14)25-18/h3-4,7-10,13H,2,5-6,11-12H2,1H3,(H2,19,20,21,23). The highest BCUT2D eigenvalue weighted by molar-refractivity contribution is 7.22. The lowest BCUT2D eigenvalue weighted by molar-refractivity contribution is 0.527. The molecule has 3 aromatic rings. The summed E-state index contributed by atoms with van der Waals surface area (Å²) in [6, 6.07) is 10.5. The van der Waals surface area contributed by atoms with Crippen molar-refractivity contribution in [3.05, 3.63) is 36.5 Å². The third kappa shape index (κ3) is 3.66. The first kappa shape index (κ1) is 16.1. The van der Waals surface area contributed by atoms with Gasteiger partial charge in [0.2, 0.25) is 5.95 Å². The number of thiazole rings is 1. The fourth-order valence-corrected chi connectivity index (χ4v) is 4.15. The summed E-state index contributed by atoms with van der Waals surface area (Å²) in [5.74, 6) is 1.55. The van der Waals surface area contributed by atoms with Crippen LogP contribution in [0.25, 0.3) is 10.2 Å². The van der Waals surface area contributed by atoms with Crippen molar-refractivity contribution in [3.63, 3.8) is 0 Å². The van der Waals surface area contributed by atoms with Crippen molar-refractivity contribution < 1.29 is 0 Å². The van der Waals surface area contributed by atoms with E-state index in [1.807, 2.05) is 12.1 Å². The van der Waals surface area contributed by atoms with Gasteiger partial charge in [0.1, 0.15) is 5.82 Å². The molecule has 1 aliphatic heterocycles. The molecule has 1 fully saturated rings. The number of para-hydroxylation sites is 1. The fraction of sp³-hybridized carbons (Fsp3) is 0.389. The minimum Gasteiger partial charge on any atom is -0.370 e. The van der Waals surface area contributed by atoms with E-state index in [2.05, 4.69) is 50.6 Å². The molecule has 1 unspecified atom stereocenters. The van der Waals surface area contributed by atoms with E-state index >= 15 is 0 Å². The summed E-state index contributed by atoms with van der Waals surface area (Å²) >= 11 is 1.77. The van der Waals surface area contributed by atoms with E-state index in [4.69, 9.17) is 4.98 Å². The van der Waals surface area contributed by atoms with Gasteiger partial charge in [-0.05, 0) is 38.0 Å². The smallest absolute Gasteiger partial charge is 0.224 e. The molecule has 3 heterocycles. The Balaban J connectivity index is 1.46. The van der Waals surface area contributed by atoms with Crippen molar-refractivity contribution in [1.29, 1.82) is 0 Å². The number of nitrogens with zero attached hydrogens (tertiary/aromatic N) is 4. The van der Waals surface area contributed by atoms with Crippen LogP contribution in [0.4, 0.5) is 16.9 Å². The summed E-state index contributed by atoms with van der Waals surface area (Å²) in [5, 5.41) is 7.82. The van der Waals surface area contributed by atoms with E-state index in [9.17, 15) is 0 Å². The first-order valence-corrected chi connectivity index (χ1v) is 9.57. The monoisotopic (exact) mass is 354 g/mol. The second-order valence-electron chi connectivity index (χ2n) is 6.19. The summed E-state index contributed by atoms with van der Waals surface area (Å²) in [5.41, 5.74) is 1.08. The van der Waals surface area contributed by atoms with Crippen molar-refractivity contribution >= 4 is 38.5 Å². The van der Waals surface area contributed by atoms with E-state index < -0.39 is 0 Å². The maximum atomic E-state index is 4.79. The molecule has 4 rings (SSSR count). The van der Waals surface area contributed by atoms with Gasteiger partial charge in [-0.2, -0.15) is 4.98 Å². The van der Waals surface area contributed by atoms with Crippen LogP contribution in [0.2, 0.25) is 0 Å². The van der Waals surface area contributed by atoms with Crippen molar-refractivity contribution in [2.75, 3.05) is 35.2 Å². The minimum atomic E-state index is 0.331. The Bertz CT molecular complexity index is 815. The molecule has 0 radical (unpaired) electrons. The number of aromatic nitrogens is 3. The highest BCUT2D eigenvalue weighted by atomic mass is 32.1. The van der Waals surface area contributed by atoms with Gasteiger partial charge in [0.25, 0.3) is 0 Å². The Morgan fingerprint density at radius 1 is 1.24 bits per heavy atom. The zero-order chi connectivity index (χ0) is 17.1. The fourth-order valence-electron chi connectivity index (χ4n) is 3.15. The molecular formula is C18H22N6S. The largest absolute Gasteiger partial charge is 0.370 e. The van der Waals surface area contributed by atoms with Gasteiger partial charge in [-0.1, -0.05) is 23.5 Å². The second-order valence-corrected chi connectivity index (χ2v) is 7.20. The maximum Gasteiger partial charge on any atom is 0.224 e. The zero-order valence-corrected chi connectivity index (χ0v) is 15.1. The quantitative estimate of drug-likeness (QED) is 0.730. The zero-order valence-electron chi connectivity index (χ0n) is 14.3. The molecule has 1 aromatic carbocycles. The van der Waals surface area contributed by atoms with Crippen molar-refractivity contribution in [1.82, 2.24) is 15.0 Å². The van der Waals surface area contributed by atoms with Gasteiger partial charge in [0.15, 0.2) is 5.13 Å². The van der Waals surface area contributed by atoms with Gasteiger partial charge < -0.3 is 15.5 Å². The Morgan fingerprint density at radius 2 is 2.16 bits per heavy atom. The molecule has 0 amide bonds. The van der Waals surface area contributed by atoms with Gasteiger partial charge in [-0.3, -0.25) is 0 Å². The van der Waals surface area contributed by atoms with Gasteiger partial charge >= 0.3 is 0 Å². The van der Waals surface area contributed by atoms with Crippen LogP contribution >= 0.6 is 11.3 Å². The van der Waals surface area contributed by atoms with Crippen LogP contribution in [0.15, 0.2) is 36.5 Å². The van der Waals surface area contributed by atoms with Crippen LogP contribution in [0.3, 0.4) is 0 Å². The molecule has 25 heavy (non-hydrogen) atoms. The van der Waals surface area contributed by atoms with Crippen LogP contribution < -0.4 is 15.5 Å². The summed E-state index contributed by atoms with van der Waals surface area (Å²) in [4.78, 5) is 16.0. The second kappa shape index (κ2) is 7.23. The van der Waals surface area contributed by atoms with Crippen molar-refractivity contribution in [2.45, 2.75) is 25.8 Å². The van der Waals surface area contributed by atoms with Gasteiger partial charge in [-0.15, -0.1) is 0 Å². The summed E-state index contributed by atoms with van der Waals surface area (Å²) < 4.78 is 1.24. The first-order chi connectivity index (χ1) is 12.3. The summed E-state index contributed by atoms with van der Waals surface area (Å²) in [6.07, 6.45) is 4.05. The van der Waals surface area contributed by atoms with Crippen LogP contribution in [0.5, 0.6) is 0 Å². The molecule has 2 N–H and O–H groups in total. The van der Waals surface area contributed by atoms with Crippen molar-refractivity contribution in [3.8, 4) is 0 Å². The van der Waals surface area contributed by atoms with E-state index in [1.54, 1.807) is 17.5 Å². The lowest BCUT2D eigenvalue weighted by atomic mass is 10.1. The molecule has 1 aliphatic rings. The molecule has 1 atom stereocenters. The van der Waals surface area contributed by atoms with E-state index in [0.29, 0.717) is 12.0 Å². The number of fused-ring (bicyclic) bond motifs is 1. The highest BCUT2D eigenvalue weighted by Gasteiger charge is 2.23. The Kier molecular flexibility index (Phi) is 4.65. The van der Waals surface area contributed by atoms with Crippen LogP contribution in [0.1, 0.15) is 19.8 Å². The Hall–Kier alpha value is -2.41. The first-order valence-electron chi connectivity index (χ1n) is 8.76. The number of benzene rings is 1. The highest BCUT2D eigenvalue weighted by Crippen LogP contribution is 2.30. The Labute approximate surface area is 151 Å². The third-order valence-corrected chi connectivity index (χ3v) is 5.42. The molecule has 130 valence electrons. The molecule has 0 spiro atoms. The maximum absolute atomic E-state index is 4.79. The van der Waals surface area contributed by atoms with E-state index in [1.165, 1.54) is 4.70 Å². The summed E-state index contributed by atoms with van der Waals surface area (Å²) in [6.45, 7) is 4.89. The third-order valence-electron chi connectivity index (χ3n) is 4.32. The molecule has 1 saturated heterocycles. The molecule has 0 aliphatic carbocycles. The van der Waals surface area contributed by atoms with Crippen LogP contribution in [-0.4, -0.2) is 40.6 Å². The number of hydrogen-bond donors (Lipinski definition) is 2. The molecular weight excluding hydrogens is 332 g/mol. The molecule has 0 saturated carbocycles. The van der Waals surface area contributed by atoms with Crippen molar-refractivity contribution in [2.24, 2.45) is 0 Å². The SMILES string of the molecule is CCNc1ccnc(NC2CCCN(c3nc4ccccc4s3)C2)n1. The van der Waals surface area contributed by atoms with Crippen LogP contribution in [0, 0.1) is 0 Å². The molecule has 2 aromatic heterocycles. The average Bonchev–Trinajstić information content (AvgIpc) is 3.07. The average molecular weight is 354 g/mol. The number of rotatable bonds is 5. The Morgan fingerprint density at radius 3 is 3.04 bits per heavy atom. The summed E-state index contributed by atoms with van der Waals surface area (Å²) in [7, 11) is 0. The molecule has 7 heteroatoms. The number of anilines is 3. The van der Waals surface area contributed by atoms with Gasteiger partial charge in [0.05, 0.1) is 10.2 Å². The molecule has 6 nitrogen and oxygen atoms in total. The lowest BCUT2D eigenvalue weighted by Crippen LogP contribution is -2.42. The van der Waals surface area contributed by atoms with Gasteiger partial charge in [0, 0.05) is 31.9 Å². The van der Waals surface area contributed by atoms with E-state index in [-0.39, 0.29) is 0 Å². The normalized spacial score (nSPS) is 17.6. The predicted octanol–water partition coefficient (Wildman–Crippen LogP) is 3.60. The lowest BCUT2D eigenvalue weighted by Gasteiger charge is -2.32. The molecule has 0 bridgehead atoms. The number of hydrogen-bond acceptors (Lipinski definition) is 7. The number of piperidine rings is 1. The predicted molar refractivity (Wildman–Crippen MR) is 105 cm³/mol. The topological polar surface area (TPSA) is 66.0 Å².